The van der Waals surface area contributed by atoms with Crippen LogP contribution in [0.2, 0.25) is 0 Å². The number of thiophene rings is 1. The molecule has 23 heavy (non-hydrogen) atoms. The SMILES string of the molecule is C[C@H](OC(=O)CCc1ccsc1)C(=O)NC(=O)NC1CCCC1. The van der Waals surface area contributed by atoms with E-state index in [1.165, 1.54) is 6.92 Å². The van der Waals surface area contributed by atoms with Gasteiger partial charge < -0.3 is 10.1 Å². The number of amides is 3. The maximum atomic E-state index is 11.8. The maximum Gasteiger partial charge on any atom is 0.321 e. The van der Waals surface area contributed by atoms with E-state index in [9.17, 15) is 14.4 Å². The molecule has 6 nitrogen and oxygen atoms in total. The largest absolute Gasteiger partial charge is 0.453 e. The molecule has 2 N–H and O–H groups in total. The van der Waals surface area contributed by atoms with E-state index in [1.807, 2.05) is 16.8 Å². The van der Waals surface area contributed by atoms with Gasteiger partial charge in [-0.05, 0) is 48.6 Å². The quantitative estimate of drug-likeness (QED) is 0.780. The Hall–Kier alpha value is -1.89. The minimum atomic E-state index is -0.987. The highest BCUT2D eigenvalue weighted by atomic mass is 32.1. The predicted molar refractivity (Wildman–Crippen MR) is 87.1 cm³/mol. The van der Waals surface area contributed by atoms with E-state index in [-0.39, 0.29) is 12.5 Å². The Morgan fingerprint density at radius 2 is 2.09 bits per heavy atom. The van der Waals surface area contributed by atoms with Crippen LogP contribution in [0.25, 0.3) is 0 Å². The van der Waals surface area contributed by atoms with E-state index >= 15 is 0 Å². The molecule has 1 aliphatic carbocycles. The molecular weight excluding hydrogens is 316 g/mol. The molecule has 1 aromatic rings. The summed E-state index contributed by atoms with van der Waals surface area (Å²) in [6, 6.07) is 1.55. The molecule has 7 heteroatoms. The van der Waals surface area contributed by atoms with Gasteiger partial charge in [0.05, 0.1) is 0 Å². The van der Waals surface area contributed by atoms with Gasteiger partial charge in [0.1, 0.15) is 0 Å². The summed E-state index contributed by atoms with van der Waals surface area (Å²) in [6.07, 6.45) is 3.87. The molecule has 0 bridgehead atoms. The van der Waals surface area contributed by atoms with Gasteiger partial charge in [-0.25, -0.2) is 4.79 Å². The van der Waals surface area contributed by atoms with Gasteiger partial charge in [-0.1, -0.05) is 12.8 Å². The number of aryl methyl sites for hydroxylation is 1. The molecule has 1 aromatic heterocycles. The standard InChI is InChI=1S/C16H22N2O4S/c1-11(22-14(19)7-6-12-8-9-23-10-12)15(20)18-16(21)17-13-4-2-3-5-13/h8-11,13H,2-7H2,1H3,(H2,17,18,20,21)/t11-/m0/s1. The summed E-state index contributed by atoms with van der Waals surface area (Å²) in [7, 11) is 0. The second kappa shape index (κ2) is 8.67. The molecule has 1 fully saturated rings. The average molecular weight is 338 g/mol. The predicted octanol–water partition coefficient (Wildman–Crippen LogP) is 2.38. The van der Waals surface area contributed by atoms with Crippen LogP contribution in [-0.2, 0) is 20.7 Å². The van der Waals surface area contributed by atoms with Gasteiger partial charge in [0, 0.05) is 12.5 Å². The zero-order valence-electron chi connectivity index (χ0n) is 13.2. The highest BCUT2D eigenvalue weighted by molar-refractivity contribution is 7.07. The third-order valence-corrected chi connectivity index (χ3v) is 4.53. The first-order valence-corrected chi connectivity index (χ1v) is 8.81. The smallest absolute Gasteiger partial charge is 0.321 e. The first-order valence-electron chi connectivity index (χ1n) is 7.86. The molecule has 0 spiro atoms. The third-order valence-electron chi connectivity index (χ3n) is 3.80. The topological polar surface area (TPSA) is 84.5 Å². The number of rotatable bonds is 6. The van der Waals surface area contributed by atoms with Crippen molar-refractivity contribution in [1.29, 1.82) is 0 Å². The average Bonchev–Trinajstić information content (AvgIpc) is 3.18. The lowest BCUT2D eigenvalue weighted by atomic mass is 10.2. The maximum absolute atomic E-state index is 11.8. The summed E-state index contributed by atoms with van der Waals surface area (Å²) in [5.74, 6) is -1.06. The fourth-order valence-corrected chi connectivity index (χ4v) is 3.20. The molecule has 1 aliphatic rings. The highest BCUT2D eigenvalue weighted by Crippen LogP contribution is 2.17. The molecule has 0 aromatic carbocycles. The molecule has 0 radical (unpaired) electrons. The van der Waals surface area contributed by atoms with Crippen LogP contribution >= 0.6 is 11.3 Å². The summed E-state index contributed by atoms with van der Waals surface area (Å²) in [6.45, 7) is 1.46. The summed E-state index contributed by atoms with van der Waals surface area (Å²) < 4.78 is 5.05. The van der Waals surface area contributed by atoms with Crippen molar-refractivity contribution < 1.29 is 19.1 Å². The first kappa shape index (κ1) is 17.5. The Bertz CT molecular complexity index is 538. The fraction of sp³-hybridized carbons (Fsp3) is 0.562. The van der Waals surface area contributed by atoms with Crippen molar-refractivity contribution in [3.63, 3.8) is 0 Å². The van der Waals surface area contributed by atoms with E-state index in [1.54, 1.807) is 11.3 Å². The van der Waals surface area contributed by atoms with Gasteiger partial charge in [0.15, 0.2) is 6.10 Å². The Balaban J connectivity index is 1.66. The fourth-order valence-electron chi connectivity index (χ4n) is 2.50. The molecule has 1 atom stereocenters. The van der Waals surface area contributed by atoms with Gasteiger partial charge in [-0.2, -0.15) is 11.3 Å². The second-order valence-corrected chi connectivity index (χ2v) is 6.49. The second-order valence-electron chi connectivity index (χ2n) is 5.71. The van der Waals surface area contributed by atoms with Crippen molar-refractivity contribution in [1.82, 2.24) is 10.6 Å². The first-order chi connectivity index (χ1) is 11.0. The van der Waals surface area contributed by atoms with Crippen LogP contribution in [0.15, 0.2) is 16.8 Å². The number of carbonyl (C=O) groups excluding carboxylic acids is 3. The Morgan fingerprint density at radius 1 is 1.35 bits per heavy atom. The summed E-state index contributed by atoms with van der Waals surface area (Å²) in [5, 5.41) is 8.88. The van der Waals surface area contributed by atoms with Crippen molar-refractivity contribution in [2.45, 2.75) is 57.6 Å². The number of urea groups is 1. The third kappa shape index (κ3) is 6.02. The van der Waals surface area contributed by atoms with Crippen LogP contribution in [0.4, 0.5) is 4.79 Å². The summed E-state index contributed by atoms with van der Waals surface area (Å²) in [5.41, 5.74) is 1.07. The van der Waals surface area contributed by atoms with E-state index in [0.717, 1.165) is 31.2 Å². The van der Waals surface area contributed by atoms with Crippen LogP contribution in [0.5, 0.6) is 0 Å². The Kier molecular flexibility index (Phi) is 6.58. The van der Waals surface area contributed by atoms with Gasteiger partial charge in [-0.15, -0.1) is 0 Å². The number of hydrogen-bond acceptors (Lipinski definition) is 5. The molecule has 0 saturated heterocycles. The normalized spacial score (nSPS) is 15.9. The molecule has 0 unspecified atom stereocenters. The van der Waals surface area contributed by atoms with E-state index in [0.29, 0.717) is 6.42 Å². The monoisotopic (exact) mass is 338 g/mol. The number of nitrogens with one attached hydrogen (secondary N) is 2. The van der Waals surface area contributed by atoms with Gasteiger partial charge in [-0.3, -0.25) is 14.9 Å². The number of carbonyl (C=O) groups is 3. The zero-order chi connectivity index (χ0) is 16.7. The van der Waals surface area contributed by atoms with Crippen LogP contribution < -0.4 is 10.6 Å². The van der Waals surface area contributed by atoms with E-state index < -0.39 is 24.0 Å². The number of ether oxygens (including phenoxy) is 1. The van der Waals surface area contributed by atoms with Crippen LogP contribution in [0, 0.1) is 0 Å². The number of hydrogen-bond donors (Lipinski definition) is 2. The minimum Gasteiger partial charge on any atom is -0.453 e. The van der Waals surface area contributed by atoms with Crippen molar-refractivity contribution in [3.8, 4) is 0 Å². The van der Waals surface area contributed by atoms with Crippen molar-refractivity contribution in [2.75, 3.05) is 0 Å². The van der Waals surface area contributed by atoms with Crippen LogP contribution in [-0.4, -0.2) is 30.1 Å². The van der Waals surface area contributed by atoms with Crippen LogP contribution in [0.3, 0.4) is 0 Å². The molecule has 126 valence electrons. The lowest BCUT2D eigenvalue weighted by Gasteiger charge is -2.15. The summed E-state index contributed by atoms with van der Waals surface area (Å²) >= 11 is 1.57. The number of imide groups is 1. The lowest BCUT2D eigenvalue weighted by Crippen LogP contribution is -2.47. The van der Waals surface area contributed by atoms with Gasteiger partial charge in [0.2, 0.25) is 0 Å². The molecule has 0 aliphatic heterocycles. The van der Waals surface area contributed by atoms with Crippen molar-refractivity contribution >= 4 is 29.2 Å². The molecule has 1 heterocycles. The molecular formula is C16H22N2O4S. The van der Waals surface area contributed by atoms with Gasteiger partial charge >= 0.3 is 12.0 Å². The lowest BCUT2D eigenvalue weighted by molar-refractivity contribution is -0.154. The molecule has 2 rings (SSSR count). The van der Waals surface area contributed by atoms with Crippen LogP contribution in [0.1, 0.15) is 44.6 Å². The Labute approximate surface area is 139 Å². The van der Waals surface area contributed by atoms with Gasteiger partial charge in [0.25, 0.3) is 5.91 Å². The Morgan fingerprint density at radius 3 is 2.74 bits per heavy atom. The minimum absolute atomic E-state index is 0.131. The molecule has 3 amide bonds. The van der Waals surface area contributed by atoms with Crippen molar-refractivity contribution in [3.05, 3.63) is 22.4 Å². The van der Waals surface area contributed by atoms with E-state index in [2.05, 4.69) is 10.6 Å². The highest BCUT2D eigenvalue weighted by Gasteiger charge is 2.22. The van der Waals surface area contributed by atoms with Crippen molar-refractivity contribution in [2.24, 2.45) is 0 Å². The molecule has 1 saturated carbocycles. The zero-order valence-corrected chi connectivity index (χ0v) is 14.0. The number of esters is 1. The summed E-state index contributed by atoms with van der Waals surface area (Å²) in [4.78, 5) is 35.3. The van der Waals surface area contributed by atoms with E-state index in [4.69, 9.17) is 4.74 Å².